The van der Waals surface area contributed by atoms with E-state index in [9.17, 15) is 0 Å². The zero-order valence-corrected chi connectivity index (χ0v) is 8.48. The van der Waals surface area contributed by atoms with Crippen molar-refractivity contribution in [3.05, 3.63) is 0 Å². The summed E-state index contributed by atoms with van der Waals surface area (Å²) >= 11 is 10.0. The molecule has 0 aromatic rings. The van der Waals surface area contributed by atoms with Gasteiger partial charge in [0.15, 0.2) is 0 Å². The molecular formula is C6H14S3. The van der Waals surface area contributed by atoms with Crippen molar-refractivity contribution in [3.63, 3.8) is 0 Å². The second kappa shape index (κ2) is 5.81. The van der Waals surface area contributed by atoms with E-state index in [0.29, 0.717) is 0 Å². The van der Waals surface area contributed by atoms with E-state index in [1.54, 1.807) is 11.8 Å². The first-order valence-corrected chi connectivity index (χ1v) is 5.19. The molecule has 0 aromatic carbocycles. The summed E-state index contributed by atoms with van der Waals surface area (Å²) in [5.74, 6) is 1.98. The van der Waals surface area contributed by atoms with Gasteiger partial charge in [0.25, 0.3) is 0 Å². The third kappa shape index (κ3) is 9.05. The smallest absolute Gasteiger partial charge is 0.0899 e. The Morgan fingerprint density at radius 3 is 2.22 bits per heavy atom. The summed E-state index contributed by atoms with van der Waals surface area (Å²) in [5.41, 5.74) is 0. The Balaban J connectivity index is 2.91. The Kier molecular flexibility index (Phi) is 6.48. The quantitative estimate of drug-likeness (QED) is 0.498. The lowest BCUT2D eigenvalue weighted by atomic mass is 10.2. The standard InChI is InChI=1S/C6H14S3/c1-5(2)3-4-9-6(7)8/h5-8H,3-4H2,1-2H3. The highest BCUT2D eigenvalue weighted by molar-refractivity contribution is 8.22. The number of rotatable bonds is 4. The fraction of sp³-hybridized carbons (Fsp3) is 1.00. The van der Waals surface area contributed by atoms with Crippen molar-refractivity contribution in [2.75, 3.05) is 5.75 Å². The third-order valence-corrected chi connectivity index (χ3v) is 2.63. The van der Waals surface area contributed by atoms with Crippen LogP contribution in [0.2, 0.25) is 0 Å². The van der Waals surface area contributed by atoms with Gasteiger partial charge < -0.3 is 0 Å². The largest absolute Gasteiger partial charge is 0.154 e. The predicted molar refractivity (Wildman–Crippen MR) is 53.7 cm³/mol. The molecule has 0 atom stereocenters. The molecule has 0 saturated carbocycles. The minimum absolute atomic E-state index is 0.198. The van der Waals surface area contributed by atoms with Crippen LogP contribution in [0, 0.1) is 5.92 Å². The molecule has 0 nitrogen and oxygen atoms in total. The summed E-state index contributed by atoms with van der Waals surface area (Å²) in [5, 5.41) is 0. The van der Waals surface area contributed by atoms with Crippen LogP contribution in [-0.2, 0) is 0 Å². The zero-order valence-electron chi connectivity index (χ0n) is 5.87. The fourth-order valence-corrected chi connectivity index (χ4v) is 1.86. The van der Waals surface area contributed by atoms with E-state index >= 15 is 0 Å². The van der Waals surface area contributed by atoms with E-state index in [2.05, 4.69) is 39.1 Å². The summed E-state index contributed by atoms with van der Waals surface area (Å²) in [6, 6.07) is 0. The molecule has 0 fully saturated rings. The number of thiol groups is 2. The topological polar surface area (TPSA) is 0 Å². The van der Waals surface area contributed by atoms with E-state index in [0.717, 1.165) is 5.92 Å². The molecule has 0 unspecified atom stereocenters. The minimum atomic E-state index is 0.198. The molecule has 0 saturated heterocycles. The maximum atomic E-state index is 4.13. The molecule has 0 aliphatic heterocycles. The predicted octanol–water partition coefficient (Wildman–Crippen LogP) is 2.91. The molecule has 0 bridgehead atoms. The maximum Gasteiger partial charge on any atom is 0.0899 e. The molecular weight excluding hydrogens is 168 g/mol. The van der Waals surface area contributed by atoms with Gasteiger partial charge in [-0.2, -0.15) is 25.3 Å². The molecule has 3 heteroatoms. The van der Waals surface area contributed by atoms with Crippen LogP contribution in [0.1, 0.15) is 20.3 Å². The highest BCUT2D eigenvalue weighted by Gasteiger charge is 1.97. The first-order chi connectivity index (χ1) is 4.13. The van der Waals surface area contributed by atoms with Gasteiger partial charge in [0.1, 0.15) is 0 Å². The molecule has 56 valence electrons. The second-order valence-electron chi connectivity index (χ2n) is 2.38. The van der Waals surface area contributed by atoms with Crippen LogP contribution in [0.5, 0.6) is 0 Å². The SMILES string of the molecule is CC(C)CCSC(S)S. The number of thioether (sulfide) groups is 1. The maximum absolute atomic E-state index is 4.13. The second-order valence-corrected chi connectivity index (χ2v) is 5.73. The molecule has 0 spiro atoms. The summed E-state index contributed by atoms with van der Waals surface area (Å²) in [7, 11) is 0. The Morgan fingerprint density at radius 1 is 1.33 bits per heavy atom. The van der Waals surface area contributed by atoms with E-state index in [1.807, 2.05) is 0 Å². The lowest BCUT2D eigenvalue weighted by Crippen LogP contribution is -1.91. The van der Waals surface area contributed by atoms with Crippen molar-refractivity contribution in [2.24, 2.45) is 5.92 Å². The van der Waals surface area contributed by atoms with Gasteiger partial charge in [-0.15, -0.1) is 11.8 Å². The van der Waals surface area contributed by atoms with Crippen molar-refractivity contribution in [2.45, 2.75) is 24.2 Å². The average molecular weight is 182 g/mol. The van der Waals surface area contributed by atoms with Gasteiger partial charge >= 0.3 is 0 Å². The highest BCUT2D eigenvalue weighted by Crippen LogP contribution is 2.20. The van der Waals surface area contributed by atoms with E-state index < -0.39 is 0 Å². The van der Waals surface area contributed by atoms with Crippen LogP contribution in [0.3, 0.4) is 0 Å². The molecule has 0 aromatic heterocycles. The van der Waals surface area contributed by atoms with Crippen LogP contribution in [0.15, 0.2) is 0 Å². The van der Waals surface area contributed by atoms with Crippen molar-refractivity contribution in [1.29, 1.82) is 0 Å². The van der Waals surface area contributed by atoms with Gasteiger partial charge in [-0.1, -0.05) is 13.8 Å². The fourth-order valence-electron chi connectivity index (χ4n) is 0.409. The Labute approximate surface area is 73.0 Å². The lowest BCUT2D eigenvalue weighted by molar-refractivity contribution is 0.632. The van der Waals surface area contributed by atoms with Gasteiger partial charge in [-0.3, -0.25) is 0 Å². The molecule has 9 heavy (non-hydrogen) atoms. The van der Waals surface area contributed by atoms with Gasteiger partial charge in [0, 0.05) is 0 Å². The van der Waals surface area contributed by atoms with Gasteiger partial charge in [-0.05, 0) is 18.1 Å². The molecule has 0 radical (unpaired) electrons. The molecule has 0 heterocycles. The number of hydrogen-bond acceptors (Lipinski definition) is 3. The van der Waals surface area contributed by atoms with E-state index in [1.165, 1.54) is 12.2 Å². The van der Waals surface area contributed by atoms with Gasteiger partial charge in [0.2, 0.25) is 0 Å². The summed E-state index contributed by atoms with van der Waals surface area (Å²) in [6.45, 7) is 4.46. The first kappa shape index (κ1) is 10.0. The van der Waals surface area contributed by atoms with Crippen LogP contribution in [-0.4, -0.2) is 9.67 Å². The Bertz CT molecular complexity index is 53.3. The Morgan fingerprint density at radius 2 is 1.89 bits per heavy atom. The molecule has 0 rings (SSSR count). The monoisotopic (exact) mass is 182 g/mol. The van der Waals surface area contributed by atoms with Gasteiger partial charge in [0.05, 0.1) is 3.91 Å². The van der Waals surface area contributed by atoms with E-state index in [-0.39, 0.29) is 3.91 Å². The van der Waals surface area contributed by atoms with E-state index in [4.69, 9.17) is 0 Å². The van der Waals surface area contributed by atoms with Crippen molar-refractivity contribution >= 4 is 37.0 Å². The van der Waals surface area contributed by atoms with Crippen molar-refractivity contribution < 1.29 is 0 Å². The molecule has 0 N–H and O–H groups in total. The average Bonchev–Trinajstić information content (AvgIpc) is 1.63. The van der Waals surface area contributed by atoms with Crippen LogP contribution in [0.4, 0.5) is 0 Å². The molecule has 0 amide bonds. The Hall–Kier alpha value is 1.05. The van der Waals surface area contributed by atoms with Crippen LogP contribution < -0.4 is 0 Å². The molecule has 0 aliphatic carbocycles. The highest BCUT2D eigenvalue weighted by atomic mass is 32.2. The van der Waals surface area contributed by atoms with Crippen molar-refractivity contribution in [1.82, 2.24) is 0 Å². The summed E-state index contributed by atoms with van der Waals surface area (Å²) < 4.78 is 0.198. The third-order valence-electron chi connectivity index (χ3n) is 0.962. The van der Waals surface area contributed by atoms with Crippen LogP contribution in [0.25, 0.3) is 0 Å². The summed E-state index contributed by atoms with van der Waals surface area (Å²) in [4.78, 5) is 0. The summed E-state index contributed by atoms with van der Waals surface area (Å²) in [6.07, 6.45) is 1.27. The van der Waals surface area contributed by atoms with Gasteiger partial charge in [-0.25, -0.2) is 0 Å². The zero-order chi connectivity index (χ0) is 7.28. The molecule has 0 aliphatic rings. The minimum Gasteiger partial charge on any atom is -0.154 e. The number of hydrogen-bond donors (Lipinski definition) is 2. The lowest BCUT2D eigenvalue weighted by Gasteiger charge is -2.04. The first-order valence-electron chi connectivity index (χ1n) is 3.10. The normalized spacial score (nSPS) is 11.3. The van der Waals surface area contributed by atoms with Crippen LogP contribution >= 0.6 is 37.0 Å². The van der Waals surface area contributed by atoms with Crippen molar-refractivity contribution in [3.8, 4) is 0 Å².